The third kappa shape index (κ3) is 3.76. The third-order valence-electron chi connectivity index (χ3n) is 3.59. The summed E-state index contributed by atoms with van der Waals surface area (Å²) in [5.74, 6) is 0.902. The number of carbonyl (C=O) groups excluding carboxylic acids is 1. The van der Waals surface area contributed by atoms with Gasteiger partial charge in [0.2, 0.25) is 5.91 Å². The number of nitrogen functional groups attached to an aromatic ring is 1. The van der Waals surface area contributed by atoms with Crippen LogP contribution in [0.15, 0.2) is 24.3 Å². The van der Waals surface area contributed by atoms with Crippen LogP contribution in [0.2, 0.25) is 0 Å². The molecule has 1 amide bonds. The lowest BCUT2D eigenvalue weighted by Crippen LogP contribution is -2.28. The highest BCUT2D eigenvalue weighted by atomic mass is 16.1. The van der Waals surface area contributed by atoms with E-state index in [1.54, 1.807) is 0 Å². The van der Waals surface area contributed by atoms with Crippen LogP contribution in [0.5, 0.6) is 0 Å². The Kier molecular flexibility index (Phi) is 4.24. The average Bonchev–Trinajstić information content (AvgIpc) is 3.17. The minimum atomic E-state index is -0.130. The van der Waals surface area contributed by atoms with Gasteiger partial charge < -0.3 is 11.1 Å². The molecular formula is C15H22N2O. The fraction of sp³-hybridized carbons (Fsp3) is 0.533. The van der Waals surface area contributed by atoms with Gasteiger partial charge in [0.15, 0.2) is 0 Å². The van der Waals surface area contributed by atoms with Crippen molar-refractivity contribution in [3.8, 4) is 0 Å². The van der Waals surface area contributed by atoms with E-state index in [2.05, 4.69) is 5.32 Å². The average molecular weight is 246 g/mol. The molecular weight excluding hydrogens is 224 g/mol. The van der Waals surface area contributed by atoms with Crippen molar-refractivity contribution in [1.29, 1.82) is 0 Å². The summed E-state index contributed by atoms with van der Waals surface area (Å²) in [6.45, 7) is 2.72. The van der Waals surface area contributed by atoms with E-state index >= 15 is 0 Å². The van der Waals surface area contributed by atoms with Gasteiger partial charge in [-0.25, -0.2) is 0 Å². The van der Waals surface area contributed by atoms with E-state index in [1.807, 2.05) is 31.2 Å². The summed E-state index contributed by atoms with van der Waals surface area (Å²) in [6, 6.07) is 7.55. The predicted octanol–water partition coefficient (Wildman–Crippen LogP) is 2.68. The van der Waals surface area contributed by atoms with Gasteiger partial charge in [-0.15, -0.1) is 0 Å². The van der Waals surface area contributed by atoms with Crippen molar-refractivity contribution in [2.24, 2.45) is 5.92 Å². The molecule has 18 heavy (non-hydrogen) atoms. The second kappa shape index (κ2) is 5.89. The fourth-order valence-corrected chi connectivity index (χ4v) is 2.14. The first-order valence-corrected chi connectivity index (χ1v) is 6.80. The molecule has 0 spiro atoms. The molecule has 3 heteroatoms. The van der Waals surface area contributed by atoms with Crippen LogP contribution in [0, 0.1) is 5.92 Å². The molecule has 3 N–H and O–H groups in total. The number of rotatable bonds is 6. The molecule has 0 heterocycles. The van der Waals surface area contributed by atoms with Gasteiger partial charge in [0.05, 0.1) is 5.92 Å². The van der Waals surface area contributed by atoms with E-state index in [0.29, 0.717) is 5.69 Å². The van der Waals surface area contributed by atoms with Crippen molar-refractivity contribution in [1.82, 2.24) is 5.32 Å². The molecule has 0 aromatic heterocycles. The summed E-state index contributed by atoms with van der Waals surface area (Å²) in [5.41, 5.74) is 7.42. The van der Waals surface area contributed by atoms with Gasteiger partial charge >= 0.3 is 0 Å². The molecule has 2 rings (SSSR count). The van der Waals surface area contributed by atoms with Gasteiger partial charge in [0.25, 0.3) is 0 Å². The molecule has 1 aliphatic rings. The lowest BCUT2D eigenvalue weighted by molar-refractivity contribution is -0.122. The van der Waals surface area contributed by atoms with Crippen LogP contribution in [-0.4, -0.2) is 12.5 Å². The van der Waals surface area contributed by atoms with Crippen LogP contribution >= 0.6 is 0 Å². The van der Waals surface area contributed by atoms with E-state index in [4.69, 9.17) is 5.73 Å². The fourth-order valence-electron chi connectivity index (χ4n) is 2.14. The summed E-state index contributed by atoms with van der Waals surface area (Å²) >= 11 is 0. The Labute approximate surface area is 109 Å². The Morgan fingerprint density at radius 3 is 2.94 bits per heavy atom. The van der Waals surface area contributed by atoms with E-state index in [9.17, 15) is 4.79 Å². The number of carbonyl (C=O) groups is 1. The highest BCUT2D eigenvalue weighted by molar-refractivity contribution is 5.83. The van der Waals surface area contributed by atoms with Gasteiger partial charge in [-0.1, -0.05) is 25.0 Å². The van der Waals surface area contributed by atoms with Gasteiger partial charge in [0.1, 0.15) is 0 Å². The first-order valence-electron chi connectivity index (χ1n) is 6.80. The van der Waals surface area contributed by atoms with E-state index in [1.165, 1.54) is 19.3 Å². The molecule has 98 valence electrons. The summed E-state index contributed by atoms with van der Waals surface area (Å²) in [7, 11) is 0. The van der Waals surface area contributed by atoms with E-state index in [0.717, 1.165) is 24.4 Å². The highest BCUT2D eigenvalue weighted by Crippen LogP contribution is 2.33. The molecule has 0 radical (unpaired) electrons. The zero-order valence-electron chi connectivity index (χ0n) is 11.0. The molecule has 1 atom stereocenters. The number of nitrogens with one attached hydrogen (secondary N) is 1. The Hall–Kier alpha value is -1.51. The topological polar surface area (TPSA) is 55.1 Å². The number of amides is 1. The molecule has 1 aromatic carbocycles. The number of hydrogen-bond acceptors (Lipinski definition) is 2. The lowest BCUT2D eigenvalue weighted by Gasteiger charge is -2.13. The number of hydrogen-bond donors (Lipinski definition) is 2. The first kappa shape index (κ1) is 12.9. The van der Waals surface area contributed by atoms with Crippen LogP contribution in [-0.2, 0) is 4.79 Å². The second-order valence-corrected chi connectivity index (χ2v) is 5.27. The normalized spacial score (nSPS) is 16.3. The minimum Gasteiger partial charge on any atom is -0.399 e. The lowest BCUT2D eigenvalue weighted by atomic mass is 10.00. The second-order valence-electron chi connectivity index (χ2n) is 5.27. The molecule has 1 fully saturated rings. The van der Waals surface area contributed by atoms with Crippen LogP contribution in [0.4, 0.5) is 5.69 Å². The standard InChI is InChI=1S/C15H22N2O/c1-11(13-5-2-6-14(16)10-13)15(18)17-9-3-4-12-7-8-12/h2,5-6,10-12H,3-4,7-9,16H2,1H3,(H,17,18). The Morgan fingerprint density at radius 1 is 1.50 bits per heavy atom. The van der Waals surface area contributed by atoms with Gasteiger partial charge in [-0.05, 0) is 43.4 Å². The number of nitrogens with two attached hydrogens (primary N) is 1. The zero-order chi connectivity index (χ0) is 13.0. The summed E-state index contributed by atoms with van der Waals surface area (Å²) in [4.78, 5) is 12.0. The maximum atomic E-state index is 12.0. The van der Waals surface area contributed by atoms with Gasteiger partial charge in [0, 0.05) is 12.2 Å². The third-order valence-corrected chi connectivity index (χ3v) is 3.59. The molecule has 3 nitrogen and oxygen atoms in total. The van der Waals surface area contributed by atoms with Crippen molar-refractivity contribution in [2.45, 2.75) is 38.5 Å². The van der Waals surface area contributed by atoms with Crippen LogP contribution < -0.4 is 11.1 Å². The van der Waals surface area contributed by atoms with Gasteiger partial charge in [-0.2, -0.15) is 0 Å². The zero-order valence-corrected chi connectivity index (χ0v) is 11.0. The number of benzene rings is 1. The summed E-state index contributed by atoms with van der Waals surface area (Å²) in [6.07, 6.45) is 5.12. The smallest absolute Gasteiger partial charge is 0.227 e. The Bertz CT molecular complexity index is 413. The van der Waals surface area contributed by atoms with Crippen LogP contribution in [0.25, 0.3) is 0 Å². The monoisotopic (exact) mass is 246 g/mol. The van der Waals surface area contributed by atoms with Crippen molar-refractivity contribution in [3.63, 3.8) is 0 Å². The van der Waals surface area contributed by atoms with E-state index < -0.39 is 0 Å². The summed E-state index contributed by atoms with van der Waals surface area (Å²) in [5, 5.41) is 3.00. The first-order chi connectivity index (χ1) is 8.66. The summed E-state index contributed by atoms with van der Waals surface area (Å²) < 4.78 is 0. The van der Waals surface area contributed by atoms with Gasteiger partial charge in [-0.3, -0.25) is 4.79 Å². The molecule has 0 bridgehead atoms. The molecule has 0 aliphatic heterocycles. The maximum absolute atomic E-state index is 12.0. The van der Waals surface area contributed by atoms with E-state index in [-0.39, 0.29) is 11.8 Å². The quantitative estimate of drug-likeness (QED) is 0.599. The molecule has 1 aliphatic carbocycles. The predicted molar refractivity (Wildman–Crippen MR) is 74.2 cm³/mol. The largest absolute Gasteiger partial charge is 0.399 e. The van der Waals surface area contributed by atoms with Crippen LogP contribution in [0.3, 0.4) is 0 Å². The Morgan fingerprint density at radius 2 is 2.28 bits per heavy atom. The molecule has 0 saturated heterocycles. The molecule has 1 unspecified atom stereocenters. The molecule has 1 saturated carbocycles. The minimum absolute atomic E-state index is 0.0939. The highest BCUT2D eigenvalue weighted by Gasteiger charge is 2.20. The van der Waals surface area contributed by atoms with Crippen LogP contribution in [0.1, 0.15) is 44.1 Å². The molecule has 1 aromatic rings. The van der Waals surface area contributed by atoms with Crippen molar-refractivity contribution >= 4 is 11.6 Å². The maximum Gasteiger partial charge on any atom is 0.227 e. The number of anilines is 1. The van der Waals surface area contributed by atoms with Crippen molar-refractivity contribution in [2.75, 3.05) is 12.3 Å². The van der Waals surface area contributed by atoms with Crippen molar-refractivity contribution < 1.29 is 4.79 Å². The van der Waals surface area contributed by atoms with Crippen molar-refractivity contribution in [3.05, 3.63) is 29.8 Å². The Balaban J connectivity index is 1.76. The SMILES string of the molecule is CC(C(=O)NCCCC1CC1)c1cccc(N)c1.